The molecule has 1 aromatic heterocycles. The smallest absolute Gasteiger partial charge is 0.244 e. The molecule has 6 rings (SSSR count). The average Bonchev–Trinajstić information content (AvgIpc) is 3.81. The summed E-state index contributed by atoms with van der Waals surface area (Å²) in [4.78, 5) is 116. The number of aromatic hydroxyl groups is 1. The molecule has 2 heterocycles. The Morgan fingerprint density at radius 3 is 2.03 bits per heavy atom. The zero-order chi connectivity index (χ0) is 55.8. The molecule has 5 aromatic rings. The lowest BCUT2D eigenvalue weighted by atomic mass is 10.00. The van der Waals surface area contributed by atoms with Crippen molar-refractivity contribution >= 4 is 90.5 Å². The largest absolute Gasteiger partial charge is 0.508 e. The molecule has 16 N–H and O–H groups in total. The third kappa shape index (κ3) is 16.9. The number of unbranched alkanes of at least 4 members (excludes halogenated alkanes) is 1. The van der Waals surface area contributed by atoms with E-state index >= 15 is 0 Å². The Labute approximate surface area is 453 Å². The summed E-state index contributed by atoms with van der Waals surface area (Å²) in [5.41, 5.74) is 20.5. The highest BCUT2D eigenvalue weighted by Gasteiger charge is 2.36. The van der Waals surface area contributed by atoms with Gasteiger partial charge in [0.05, 0.1) is 12.1 Å². The molecule has 8 amide bonds. The second-order valence-corrected chi connectivity index (χ2v) is 22.0. The van der Waals surface area contributed by atoms with E-state index < -0.39 is 108 Å². The number of benzene rings is 4. The van der Waals surface area contributed by atoms with Crippen molar-refractivity contribution in [3.63, 3.8) is 0 Å². The topological polar surface area (TPSA) is 355 Å². The number of carbonyl (C=O) groups is 8. The number of nitrogens with one attached hydrogen (secondary N) is 8. The van der Waals surface area contributed by atoms with Gasteiger partial charge in [-0.15, -0.1) is 0 Å². The van der Waals surface area contributed by atoms with Crippen LogP contribution in [-0.4, -0.2) is 135 Å². The van der Waals surface area contributed by atoms with Crippen molar-refractivity contribution in [1.82, 2.24) is 42.2 Å². The Morgan fingerprint density at radius 1 is 0.714 bits per heavy atom. The Bertz CT molecular complexity index is 2890. The van der Waals surface area contributed by atoms with Crippen molar-refractivity contribution in [3.05, 3.63) is 114 Å². The van der Waals surface area contributed by atoms with Gasteiger partial charge < -0.3 is 69.6 Å². The van der Waals surface area contributed by atoms with Crippen molar-refractivity contribution in [1.29, 1.82) is 0 Å². The van der Waals surface area contributed by atoms with Crippen LogP contribution in [0.2, 0.25) is 0 Å². The Balaban J connectivity index is 1.39. The van der Waals surface area contributed by atoms with Crippen LogP contribution in [0.3, 0.4) is 0 Å². The Kier molecular flexibility index (Phi) is 21.7. The number of phenolic OH excluding ortho intramolecular Hbond substituents is 1. The van der Waals surface area contributed by atoms with Crippen LogP contribution in [0.15, 0.2) is 97.2 Å². The van der Waals surface area contributed by atoms with E-state index in [9.17, 15) is 48.6 Å². The number of rotatable bonds is 17. The van der Waals surface area contributed by atoms with Crippen LogP contribution in [0, 0.1) is 5.92 Å². The van der Waals surface area contributed by atoms with E-state index in [2.05, 4.69) is 42.2 Å². The van der Waals surface area contributed by atoms with Crippen LogP contribution in [0.25, 0.3) is 21.7 Å². The van der Waals surface area contributed by atoms with Crippen LogP contribution in [0.1, 0.15) is 56.7 Å². The first-order chi connectivity index (χ1) is 36.8. The third-order valence-electron chi connectivity index (χ3n) is 13.1. The molecule has 1 saturated heterocycles. The standard InChI is InChI=1S/C54H69N11O10S2/c1-29(2)45-54(75)63-44(53(74)65-46(30(3)66)47(57)68)28-77-76-27-43(62-48(69)38(56)23-32-15-18-33-10-4-5-11-34(33)22-32)52(73)60-41(24-31-16-19-36(67)20-17-31)50(71)61-42(25-35-26-58-39-13-7-6-12-37(35)39)51(72)59-40(49(70)64-45)14-8-9-21-55/h4-7,10-13,15-20,22,26,29-30,38,40-46,58,66-67H,8-9,14,21,23-25,27-28,55-56H2,1-3H3,(H2,57,68)(H,59,72)(H,60,73)(H,61,71)(H,62,69)(H,63,75)(H,64,70)(H,65,74)/t30-,38+,40+,41+,42-,43+,44+,45+,46+/m1/s1. The number of para-hydroxylation sites is 1. The van der Waals surface area contributed by atoms with Gasteiger partial charge in [0.2, 0.25) is 47.3 Å². The molecule has 1 fully saturated rings. The van der Waals surface area contributed by atoms with Gasteiger partial charge in [-0.1, -0.05) is 108 Å². The lowest BCUT2D eigenvalue weighted by molar-refractivity contribution is -0.136. The monoisotopic (exact) mass is 1100 g/mol. The summed E-state index contributed by atoms with van der Waals surface area (Å²) in [6.07, 6.45) is 1.05. The number of aliphatic hydroxyl groups is 1. The van der Waals surface area contributed by atoms with E-state index in [1.165, 1.54) is 19.1 Å². The van der Waals surface area contributed by atoms with Crippen molar-refractivity contribution in [2.45, 2.75) is 114 Å². The molecule has 1 aliphatic heterocycles. The number of aliphatic hydroxyl groups excluding tert-OH is 1. The van der Waals surface area contributed by atoms with Crippen LogP contribution < -0.4 is 54.4 Å². The predicted octanol–water partition coefficient (Wildman–Crippen LogP) is 0.822. The fraction of sp³-hybridized carbons (Fsp3) is 0.407. The lowest BCUT2D eigenvalue weighted by Gasteiger charge is -2.29. The Morgan fingerprint density at radius 2 is 1.34 bits per heavy atom. The molecule has 0 bridgehead atoms. The molecule has 0 saturated carbocycles. The molecular weight excluding hydrogens is 1030 g/mol. The van der Waals surface area contributed by atoms with Gasteiger partial charge in [-0.2, -0.15) is 0 Å². The minimum absolute atomic E-state index is 0.0501. The van der Waals surface area contributed by atoms with Crippen LogP contribution in [-0.2, 0) is 57.6 Å². The number of aromatic amines is 1. The number of phenols is 1. The zero-order valence-corrected chi connectivity index (χ0v) is 44.7. The van der Waals surface area contributed by atoms with Crippen molar-refractivity contribution < 1.29 is 48.6 Å². The maximum absolute atomic E-state index is 14.9. The molecule has 412 valence electrons. The van der Waals surface area contributed by atoms with E-state index in [-0.39, 0.29) is 49.5 Å². The van der Waals surface area contributed by atoms with Crippen molar-refractivity contribution in [3.8, 4) is 5.75 Å². The number of carbonyl (C=O) groups excluding carboxylic acids is 8. The molecule has 77 heavy (non-hydrogen) atoms. The highest BCUT2D eigenvalue weighted by Crippen LogP contribution is 2.25. The summed E-state index contributed by atoms with van der Waals surface area (Å²) in [6, 6.07) is 15.8. The summed E-state index contributed by atoms with van der Waals surface area (Å²) in [7, 11) is 2.03. The first-order valence-electron chi connectivity index (χ1n) is 25.4. The van der Waals surface area contributed by atoms with Crippen LogP contribution in [0.5, 0.6) is 5.75 Å². The van der Waals surface area contributed by atoms with E-state index in [1.54, 1.807) is 32.2 Å². The summed E-state index contributed by atoms with van der Waals surface area (Å²) in [5, 5.41) is 42.1. The first-order valence-corrected chi connectivity index (χ1v) is 27.9. The van der Waals surface area contributed by atoms with Gasteiger partial charge in [-0.25, -0.2) is 0 Å². The number of nitrogens with two attached hydrogens (primary N) is 3. The molecule has 4 aromatic carbocycles. The number of fused-ring (bicyclic) bond motifs is 2. The number of H-pyrrole nitrogens is 1. The summed E-state index contributed by atoms with van der Waals surface area (Å²) < 4.78 is 0. The fourth-order valence-electron chi connectivity index (χ4n) is 8.71. The van der Waals surface area contributed by atoms with Gasteiger partial charge in [0.15, 0.2) is 0 Å². The number of amides is 8. The van der Waals surface area contributed by atoms with Gasteiger partial charge in [-0.3, -0.25) is 38.4 Å². The molecular formula is C54H69N11O10S2. The number of primary amides is 1. The minimum atomic E-state index is -1.55. The molecule has 0 radical (unpaired) electrons. The first kappa shape index (κ1) is 59.1. The molecule has 23 heteroatoms. The fourth-order valence-corrected chi connectivity index (χ4v) is 11.0. The summed E-state index contributed by atoms with van der Waals surface area (Å²) >= 11 is 0. The van der Waals surface area contributed by atoms with Gasteiger partial charge in [0.25, 0.3) is 0 Å². The second-order valence-electron chi connectivity index (χ2n) is 19.4. The average molecular weight is 1100 g/mol. The van der Waals surface area contributed by atoms with E-state index in [0.29, 0.717) is 24.0 Å². The maximum Gasteiger partial charge on any atom is 0.244 e. The molecule has 0 aliphatic carbocycles. The molecule has 0 spiro atoms. The van der Waals surface area contributed by atoms with E-state index in [1.807, 2.05) is 66.7 Å². The SMILES string of the molecule is CC(C)[C@@H]1NC(=O)[C@H](CCCCN)NC(=O)[C@@H](Cc2c[nH]c3ccccc23)NC(=O)[C@H](Cc2ccc(O)cc2)NC(=O)[C@@H](NC(=O)[C@@H](N)Cc2ccc3ccccc3c2)CSSC[C@@H](C(=O)N[C@H](C(N)=O)[C@@H](C)O)NC1=O. The lowest BCUT2D eigenvalue weighted by Crippen LogP contribution is -2.62. The maximum atomic E-state index is 14.9. The predicted molar refractivity (Wildman–Crippen MR) is 296 cm³/mol. The number of hydrogen-bond donors (Lipinski definition) is 13. The van der Waals surface area contributed by atoms with Crippen molar-refractivity contribution in [2.75, 3.05) is 18.1 Å². The third-order valence-corrected chi connectivity index (χ3v) is 15.5. The molecule has 9 atom stereocenters. The number of hydrogen-bond acceptors (Lipinski definition) is 14. The summed E-state index contributed by atoms with van der Waals surface area (Å²) in [6.45, 7) is 4.85. The molecule has 1 aliphatic rings. The van der Waals surface area contributed by atoms with E-state index in [4.69, 9.17) is 17.2 Å². The Hall–Kier alpha value is -7.18. The van der Waals surface area contributed by atoms with Gasteiger partial charge in [0.1, 0.15) is 48.0 Å². The molecule has 0 unspecified atom stereocenters. The quantitative estimate of drug-likeness (QED) is 0.0453. The van der Waals surface area contributed by atoms with Crippen LogP contribution in [0.4, 0.5) is 0 Å². The summed E-state index contributed by atoms with van der Waals surface area (Å²) in [5.74, 6) is -7.66. The normalized spacial score (nSPS) is 21.6. The van der Waals surface area contributed by atoms with Crippen molar-refractivity contribution in [2.24, 2.45) is 23.1 Å². The second kappa shape index (κ2) is 28.3. The number of aromatic nitrogens is 1. The highest BCUT2D eigenvalue weighted by molar-refractivity contribution is 8.76. The minimum Gasteiger partial charge on any atom is -0.508 e. The zero-order valence-electron chi connectivity index (χ0n) is 43.1. The van der Waals surface area contributed by atoms with E-state index in [0.717, 1.165) is 48.8 Å². The van der Waals surface area contributed by atoms with Crippen LogP contribution >= 0.6 is 21.6 Å². The van der Waals surface area contributed by atoms with Gasteiger partial charge >= 0.3 is 0 Å². The molecule has 21 nitrogen and oxygen atoms in total. The van der Waals surface area contributed by atoms with Gasteiger partial charge in [0, 0.05) is 41.4 Å². The van der Waals surface area contributed by atoms with Gasteiger partial charge in [-0.05, 0) is 90.7 Å². The highest BCUT2D eigenvalue weighted by atomic mass is 33.1.